The smallest absolute Gasteiger partial charge is 0.254 e. The zero-order valence-electron chi connectivity index (χ0n) is 13.1. The normalized spacial score (nSPS) is 21.5. The predicted octanol–water partition coefficient (Wildman–Crippen LogP) is 1.63. The fourth-order valence-electron chi connectivity index (χ4n) is 2.81. The number of halogens is 1. The van der Waals surface area contributed by atoms with Crippen LogP contribution in [-0.2, 0) is 9.84 Å². The standard InChI is InChI=1S/C15H22N2O3S.ClH/c1-10-4-5-13(21(3,19)20)7-14(10)15(18)17-9-12(8-16)6-11(17)2;/h4-5,7,11-12H,6,8-9,16H2,1-3H3;1H. The van der Waals surface area contributed by atoms with Crippen molar-refractivity contribution in [1.29, 1.82) is 0 Å². The predicted molar refractivity (Wildman–Crippen MR) is 89.2 cm³/mol. The Bertz CT molecular complexity index is 661. The third-order valence-corrected chi connectivity index (χ3v) is 5.23. The van der Waals surface area contributed by atoms with Crippen LogP contribution in [0.4, 0.5) is 0 Å². The van der Waals surface area contributed by atoms with Crippen molar-refractivity contribution in [3.8, 4) is 0 Å². The molecule has 2 unspecified atom stereocenters. The molecule has 0 bridgehead atoms. The van der Waals surface area contributed by atoms with Crippen molar-refractivity contribution in [3.05, 3.63) is 29.3 Å². The largest absolute Gasteiger partial charge is 0.336 e. The van der Waals surface area contributed by atoms with Crippen molar-refractivity contribution in [1.82, 2.24) is 4.90 Å². The number of benzene rings is 1. The van der Waals surface area contributed by atoms with E-state index in [4.69, 9.17) is 5.73 Å². The first kappa shape index (κ1) is 18.9. The summed E-state index contributed by atoms with van der Waals surface area (Å²) in [6, 6.07) is 4.84. The van der Waals surface area contributed by atoms with Crippen LogP contribution in [0.1, 0.15) is 29.3 Å². The molecule has 5 nitrogen and oxygen atoms in total. The van der Waals surface area contributed by atoms with Crippen LogP contribution in [0.2, 0.25) is 0 Å². The second-order valence-corrected chi connectivity index (χ2v) is 7.91. The molecule has 0 aliphatic carbocycles. The number of aryl methyl sites for hydroxylation is 1. The summed E-state index contributed by atoms with van der Waals surface area (Å²) in [5, 5.41) is 0. The first-order valence-corrected chi connectivity index (χ1v) is 8.95. The number of likely N-dealkylation sites (tertiary alicyclic amines) is 1. The molecule has 0 saturated carbocycles. The minimum Gasteiger partial charge on any atom is -0.336 e. The van der Waals surface area contributed by atoms with Gasteiger partial charge in [-0.1, -0.05) is 6.07 Å². The number of nitrogens with zero attached hydrogens (tertiary/aromatic N) is 1. The molecule has 1 heterocycles. The van der Waals surface area contributed by atoms with Gasteiger partial charge in [-0.15, -0.1) is 12.4 Å². The average Bonchev–Trinajstić information content (AvgIpc) is 2.78. The number of hydrogen-bond acceptors (Lipinski definition) is 4. The van der Waals surface area contributed by atoms with Gasteiger partial charge in [-0.25, -0.2) is 8.42 Å². The summed E-state index contributed by atoms with van der Waals surface area (Å²) in [5.74, 6) is 0.212. The van der Waals surface area contributed by atoms with Crippen molar-refractivity contribution >= 4 is 28.2 Å². The maximum atomic E-state index is 12.7. The first-order chi connectivity index (χ1) is 9.74. The lowest BCUT2D eigenvalue weighted by Crippen LogP contribution is -2.35. The average molecular weight is 347 g/mol. The molecule has 1 aromatic rings. The number of sulfone groups is 1. The van der Waals surface area contributed by atoms with Crippen molar-refractivity contribution in [2.75, 3.05) is 19.3 Å². The topological polar surface area (TPSA) is 80.5 Å². The van der Waals surface area contributed by atoms with Crippen LogP contribution in [0, 0.1) is 12.8 Å². The van der Waals surface area contributed by atoms with Crippen LogP contribution in [0.15, 0.2) is 23.1 Å². The molecule has 1 fully saturated rings. The maximum absolute atomic E-state index is 12.7. The summed E-state index contributed by atoms with van der Waals surface area (Å²) in [7, 11) is -3.32. The molecule has 1 saturated heterocycles. The third-order valence-electron chi connectivity index (χ3n) is 4.12. The van der Waals surface area contributed by atoms with Gasteiger partial charge in [0.2, 0.25) is 0 Å². The summed E-state index contributed by atoms with van der Waals surface area (Å²) in [5.41, 5.74) is 6.94. The number of hydrogen-bond donors (Lipinski definition) is 1. The Morgan fingerprint density at radius 3 is 2.55 bits per heavy atom. The van der Waals surface area contributed by atoms with Crippen molar-refractivity contribution in [2.24, 2.45) is 11.7 Å². The summed E-state index contributed by atoms with van der Waals surface area (Å²) >= 11 is 0. The van der Waals surface area contributed by atoms with Gasteiger partial charge in [0.15, 0.2) is 9.84 Å². The highest BCUT2D eigenvalue weighted by atomic mass is 35.5. The summed E-state index contributed by atoms with van der Waals surface area (Å²) < 4.78 is 23.3. The molecule has 0 radical (unpaired) electrons. The fourth-order valence-corrected chi connectivity index (χ4v) is 3.46. The van der Waals surface area contributed by atoms with Gasteiger partial charge in [-0.05, 0) is 50.4 Å². The van der Waals surface area contributed by atoms with E-state index in [0.29, 0.717) is 24.6 Å². The van der Waals surface area contributed by atoms with Crippen LogP contribution >= 0.6 is 12.4 Å². The second-order valence-electron chi connectivity index (χ2n) is 5.89. The Morgan fingerprint density at radius 1 is 1.41 bits per heavy atom. The quantitative estimate of drug-likeness (QED) is 0.902. The molecule has 2 atom stereocenters. The van der Waals surface area contributed by atoms with Crippen LogP contribution in [0.25, 0.3) is 0 Å². The molecule has 2 rings (SSSR count). The van der Waals surface area contributed by atoms with Gasteiger partial charge in [0, 0.05) is 24.4 Å². The minimum absolute atomic E-state index is 0. The molecule has 0 aromatic heterocycles. The minimum atomic E-state index is -3.32. The highest BCUT2D eigenvalue weighted by Gasteiger charge is 2.32. The molecular weight excluding hydrogens is 324 g/mol. The van der Waals surface area contributed by atoms with Crippen LogP contribution in [0.3, 0.4) is 0 Å². The van der Waals surface area contributed by atoms with E-state index in [1.54, 1.807) is 11.0 Å². The Morgan fingerprint density at radius 2 is 2.05 bits per heavy atom. The zero-order valence-corrected chi connectivity index (χ0v) is 14.7. The van der Waals surface area contributed by atoms with E-state index in [2.05, 4.69) is 0 Å². The number of carbonyl (C=O) groups is 1. The molecule has 124 valence electrons. The molecule has 0 spiro atoms. The van der Waals surface area contributed by atoms with Crippen LogP contribution in [-0.4, -0.2) is 44.6 Å². The lowest BCUT2D eigenvalue weighted by Gasteiger charge is -2.22. The van der Waals surface area contributed by atoms with Gasteiger partial charge in [0.25, 0.3) is 5.91 Å². The van der Waals surface area contributed by atoms with E-state index < -0.39 is 9.84 Å². The third kappa shape index (κ3) is 3.80. The number of nitrogens with two attached hydrogens (primary N) is 1. The molecule has 1 amide bonds. The second kappa shape index (κ2) is 6.98. The Kier molecular flexibility index (Phi) is 6.01. The van der Waals surface area contributed by atoms with E-state index in [1.165, 1.54) is 12.1 Å². The van der Waals surface area contributed by atoms with Gasteiger partial charge < -0.3 is 10.6 Å². The van der Waals surface area contributed by atoms with Crippen LogP contribution < -0.4 is 5.73 Å². The Labute approximate surface area is 138 Å². The fraction of sp³-hybridized carbons (Fsp3) is 0.533. The van der Waals surface area contributed by atoms with Gasteiger partial charge in [0.1, 0.15) is 0 Å². The number of rotatable bonds is 3. The molecule has 22 heavy (non-hydrogen) atoms. The summed E-state index contributed by atoms with van der Waals surface area (Å²) in [4.78, 5) is 14.7. The van der Waals surface area contributed by atoms with E-state index in [-0.39, 0.29) is 29.3 Å². The van der Waals surface area contributed by atoms with E-state index in [9.17, 15) is 13.2 Å². The van der Waals surface area contributed by atoms with E-state index >= 15 is 0 Å². The van der Waals surface area contributed by atoms with Gasteiger partial charge in [-0.3, -0.25) is 4.79 Å². The Hall–Kier alpha value is -1.11. The monoisotopic (exact) mass is 346 g/mol. The van der Waals surface area contributed by atoms with Crippen molar-refractivity contribution in [3.63, 3.8) is 0 Å². The molecule has 1 aliphatic heterocycles. The molecule has 1 aromatic carbocycles. The van der Waals surface area contributed by atoms with Crippen molar-refractivity contribution in [2.45, 2.75) is 31.2 Å². The maximum Gasteiger partial charge on any atom is 0.254 e. The summed E-state index contributed by atoms with van der Waals surface area (Å²) in [6.45, 7) is 5.03. The molecule has 1 aliphatic rings. The lowest BCUT2D eigenvalue weighted by molar-refractivity contribution is 0.0742. The first-order valence-electron chi connectivity index (χ1n) is 7.05. The Balaban J connectivity index is 0.00000242. The SMILES string of the molecule is Cc1ccc(S(C)(=O)=O)cc1C(=O)N1CC(CN)CC1C.Cl. The highest BCUT2D eigenvalue weighted by molar-refractivity contribution is 7.90. The van der Waals surface area contributed by atoms with Crippen molar-refractivity contribution < 1.29 is 13.2 Å². The number of carbonyl (C=O) groups excluding carboxylic acids is 1. The molecule has 2 N–H and O–H groups in total. The molecular formula is C15H23ClN2O3S. The highest BCUT2D eigenvalue weighted by Crippen LogP contribution is 2.26. The van der Waals surface area contributed by atoms with Gasteiger partial charge >= 0.3 is 0 Å². The van der Waals surface area contributed by atoms with Gasteiger partial charge in [-0.2, -0.15) is 0 Å². The lowest BCUT2D eigenvalue weighted by atomic mass is 10.1. The molecule has 7 heteroatoms. The van der Waals surface area contributed by atoms with Crippen LogP contribution in [0.5, 0.6) is 0 Å². The summed E-state index contributed by atoms with van der Waals surface area (Å²) in [6.07, 6.45) is 2.04. The van der Waals surface area contributed by atoms with E-state index in [0.717, 1.165) is 18.2 Å². The zero-order chi connectivity index (χ0) is 15.8. The van der Waals surface area contributed by atoms with E-state index in [1.807, 2.05) is 13.8 Å². The van der Waals surface area contributed by atoms with Gasteiger partial charge in [0.05, 0.1) is 4.90 Å². The number of amides is 1.